The number of rotatable bonds is 6. The van der Waals surface area contributed by atoms with Gasteiger partial charge in [-0.1, -0.05) is 0 Å². The SMILES string of the molecule is Cc1ccc(N2CCN(c3ccc(NC(=O)c4c(Nc5cnc6c(c5C)NCCO6)cc[nH]c4=O)cc3)CC2)cn1. The quantitative estimate of drug-likeness (QED) is 0.282. The Labute approximate surface area is 237 Å². The van der Waals surface area contributed by atoms with Gasteiger partial charge in [-0.15, -0.1) is 0 Å². The summed E-state index contributed by atoms with van der Waals surface area (Å²) >= 11 is 0. The van der Waals surface area contributed by atoms with Gasteiger partial charge in [0.15, 0.2) is 0 Å². The number of aromatic nitrogens is 3. The van der Waals surface area contributed by atoms with Crippen LogP contribution in [0.25, 0.3) is 0 Å². The van der Waals surface area contributed by atoms with Crippen molar-refractivity contribution in [3.63, 3.8) is 0 Å². The minimum Gasteiger partial charge on any atom is -0.474 e. The first kappa shape index (κ1) is 26.2. The second-order valence-electron chi connectivity index (χ2n) is 10.1. The average Bonchev–Trinajstić information content (AvgIpc) is 3.00. The molecule has 0 radical (unpaired) electrons. The number of anilines is 6. The molecule has 0 spiro atoms. The third-order valence-corrected chi connectivity index (χ3v) is 7.43. The minimum atomic E-state index is -0.507. The van der Waals surface area contributed by atoms with Crippen LogP contribution in [0.5, 0.6) is 5.88 Å². The highest BCUT2D eigenvalue weighted by molar-refractivity contribution is 6.08. The summed E-state index contributed by atoms with van der Waals surface area (Å²) in [5, 5.41) is 9.38. The summed E-state index contributed by atoms with van der Waals surface area (Å²) in [5.74, 6) is 0.0320. The number of pyridine rings is 3. The molecule has 0 aliphatic carbocycles. The number of ether oxygens (including phenoxy) is 1. The predicted molar refractivity (Wildman–Crippen MR) is 161 cm³/mol. The Bertz CT molecular complexity index is 1610. The molecule has 5 heterocycles. The van der Waals surface area contributed by atoms with Gasteiger partial charge in [0.05, 0.1) is 29.5 Å². The molecule has 0 atom stereocenters. The summed E-state index contributed by atoms with van der Waals surface area (Å²) in [6.07, 6.45) is 5.08. The van der Waals surface area contributed by atoms with Gasteiger partial charge in [0, 0.05) is 61.6 Å². The fourth-order valence-electron chi connectivity index (χ4n) is 5.12. The number of nitrogens with one attached hydrogen (secondary N) is 4. The maximum atomic E-state index is 13.3. The second kappa shape index (κ2) is 11.2. The van der Waals surface area contributed by atoms with E-state index in [1.165, 1.54) is 6.20 Å². The molecule has 210 valence electrons. The number of carbonyl (C=O) groups is 1. The Morgan fingerprint density at radius 3 is 2.37 bits per heavy atom. The van der Waals surface area contributed by atoms with Gasteiger partial charge in [0.2, 0.25) is 5.88 Å². The molecule has 11 nitrogen and oxygen atoms in total. The first-order chi connectivity index (χ1) is 20.0. The molecular formula is C30H32N8O3. The van der Waals surface area contributed by atoms with Gasteiger partial charge in [0.1, 0.15) is 17.9 Å². The van der Waals surface area contributed by atoms with Gasteiger partial charge in [-0.25, -0.2) is 4.98 Å². The zero-order chi connectivity index (χ0) is 28.3. The molecule has 2 aliphatic rings. The van der Waals surface area contributed by atoms with Gasteiger partial charge < -0.3 is 35.5 Å². The van der Waals surface area contributed by atoms with Gasteiger partial charge in [-0.3, -0.25) is 14.6 Å². The van der Waals surface area contributed by atoms with E-state index in [0.29, 0.717) is 36.1 Å². The van der Waals surface area contributed by atoms with Crippen molar-refractivity contribution in [2.24, 2.45) is 0 Å². The lowest BCUT2D eigenvalue weighted by Gasteiger charge is -2.37. The van der Waals surface area contributed by atoms with Crippen molar-refractivity contribution >= 4 is 40.0 Å². The molecule has 41 heavy (non-hydrogen) atoms. The van der Waals surface area contributed by atoms with Crippen LogP contribution >= 0.6 is 0 Å². The highest BCUT2D eigenvalue weighted by atomic mass is 16.5. The zero-order valence-electron chi connectivity index (χ0n) is 23.0. The Morgan fingerprint density at radius 1 is 0.902 bits per heavy atom. The molecule has 6 rings (SSSR count). The molecular weight excluding hydrogens is 520 g/mol. The van der Waals surface area contributed by atoms with E-state index in [0.717, 1.165) is 54.5 Å². The van der Waals surface area contributed by atoms with Gasteiger partial charge in [-0.05, 0) is 56.3 Å². The summed E-state index contributed by atoms with van der Waals surface area (Å²) in [6.45, 7) is 8.71. The van der Waals surface area contributed by atoms with Crippen LogP contribution in [-0.4, -0.2) is 60.2 Å². The van der Waals surface area contributed by atoms with Crippen molar-refractivity contribution < 1.29 is 9.53 Å². The third kappa shape index (κ3) is 5.51. The van der Waals surface area contributed by atoms with Crippen molar-refractivity contribution in [2.75, 3.05) is 65.1 Å². The van der Waals surface area contributed by atoms with E-state index in [1.807, 2.05) is 50.4 Å². The molecule has 0 bridgehead atoms. The molecule has 1 saturated heterocycles. The molecule has 2 aliphatic heterocycles. The average molecular weight is 553 g/mol. The monoisotopic (exact) mass is 552 g/mol. The molecule has 0 unspecified atom stereocenters. The number of amides is 1. The number of hydrogen-bond donors (Lipinski definition) is 4. The Kier molecular flexibility index (Phi) is 7.15. The van der Waals surface area contributed by atoms with E-state index in [4.69, 9.17) is 4.74 Å². The smallest absolute Gasteiger partial charge is 0.263 e. The minimum absolute atomic E-state index is 0.0142. The fraction of sp³-hybridized carbons (Fsp3) is 0.267. The fourth-order valence-corrected chi connectivity index (χ4v) is 5.12. The van der Waals surface area contributed by atoms with Crippen molar-refractivity contribution in [1.29, 1.82) is 0 Å². The number of nitrogens with zero attached hydrogens (tertiary/aromatic N) is 4. The summed E-state index contributed by atoms with van der Waals surface area (Å²) < 4.78 is 5.60. The molecule has 1 aromatic carbocycles. The maximum absolute atomic E-state index is 13.3. The molecule has 11 heteroatoms. The predicted octanol–water partition coefficient (Wildman–Crippen LogP) is 3.91. The summed E-state index contributed by atoms with van der Waals surface area (Å²) in [4.78, 5) is 42.1. The number of hydrogen-bond acceptors (Lipinski definition) is 9. The van der Waals surface area contributed by atoms with E-state index in [1.54, 1.807) is 12.3 Å². The summed E-state index contributed by atoms with van der Waals surface area (Å²) in [5.41, 5.74) is 6.06. The molecule has 4 aromatic rings. The molecule has 0 saturated carbocycles. The topological polar surface area (TPSA) is 128 Å². The number of carbonyl (C=O) groups excluding carboxylic acids is 1. The number of piperazine rings is 1. The zero-order valence-corrected chi connectivity index (χ0v) is 23.0. The molecule has 4 N–H and O–H groups in total. The highest BCUT2D eigenvalue weighted by Gasteiger charge is 2.21. The first-order valence-electron chi connectivity index (χ1n) is 13.7. The Hall–Kier alpha value is -5.06. The van der Waals surface area contributed by atoms with E-state index < -0.39 is 11.5 Å². The summed E-state index contributed by atoms with van der Waals surface area (Å²) in [6, 6.07) is 13.5. The van der Waals surface area contributed by atoms with Crippen LogP contribution in [0.4, 0.5) is 34.1 Å². The van der Waals surface area contributed by atoms with Crippen molar-refractivity contribution in [1.82, 2.24) is 15.0 Å². The van der Waals surface area contributed by atoms with Crippen LogP contribution in [0, 0.1) is 13.8 Å². The van der Waals surface area contributed by atoms with Crippen LogP contribution in [-0.2, 0) is 0 Å². The van der Waals surface area contributed by atoms with E-state index in [2.05, 4.69) is 46.8 Å². The van der Waals surface area contributed by atoms with Gasteiger partial charge in [0.25, 0.3) is 11.5 Å². The Balaban J connectivity index is 1.13. The maximum Gasteiger partial charge on any atom is 0.263 e. The normalized spacial score (nSPS) is 14.5. The largest absolute Gasteiger partial charge is 0.474 e. The van der Waals surface area contributed by atoms with Crippen molar-refractivity contribution in [3.05, 3.63) is 88.2 Å². The van der Waals surface area contributed by atoms with Crippen LogP contribution in [0.15, 0.2) is 65.8 Å². The molecule has 1 amide bonds. The lowest BCUT2D eigenvalue weighted by atomic mass is 10.1. The standard InChI is InChI=1S/C30H32N8O3/c1-19-3-6-23(17-33-19)38-14-12-37(13-15-38)22-7-4-21(5-8-22)35-29(40)26-24(9-10-32-28(26)39)36-25-18-34-30-27(20(25)2)31-11-16-41-30/h3-10,17-18,31H,11-16H2,1-2H3,(H,35,40)(H2,32,36,39). The van der Waals surface area contributed by atoms with Gasteiger partial charge in [-0.2, -0.15) is 0 Å². The van der Waals surface area contributed by atoms with E-state index in [9.17, 15) is 9.59 Å². The number of benzene rings is 1. The Morgan fingerprint density at radius 2 is 1.63 bits per heavy atom. The van der Waals surface area contributed by atoms with E-state index in [-0.39, 0.29) is 5.56 Å². The summed E-state index contributed by atoms with van der Waals surface area (Å²) in [7, 11) is 0. The molecule has 3 aromatic heterocycles. The number of aryl methyl sites for hydroxylation is 1. The van der Waals surface area contributed by atoms with Gasteiger partial charge >= 0.3 is 0 Å². The lowest BCUT2D eigenvalue weighted by molar-refractivity contribution is 0.102. The second-order valence-corrected chi connectivity index (χ2v) is 10.1. The lowest BCUT2D eigenvalue weighted by Crippen LogP contribution is -2.46. The van der Waals surface area contributed by atoms with Crippen LogP contribution in [0.2, 0.25) is 0 Å². The van der Waals surface area contributed by atoms with Crippen molar-refractivity contribution in [2.45, 2.75) is 13.8 Å². The van der Waals surface area contributed by atoms with Crippen LogP contribution < -0.4 is 36.0 Å². The van der Waals surface area contributed by atoms with Crippen LogP contribution in [0.3, 0.4) is 0 Å². The molecule has 1 fully saturated rings. The number of fused-ring (bicyclic) bond motifs is 1. The number of aromatic amines is 1. The number of H-pyrrole nitrogens is 1. The van der Waals surface area contributed by atoms with Crippen LogP contribution in [0.1, 0.15) is 21.6 Å². The highest BCUT2D eigenvalue weighted by Crippen LogP contribution is 2.34. The van der Waals surface area contributed by atoms with Crippen molar-refractivity contribution in [3.8, 4) is 5.88 Å². The van der Waals surface area contributed by atoms with E-state index >= 15 is 0 Å². The first-order valence-corrected chi connectivity index (χ1v) is 13.7. The third-order valence-electron chi connectivity index (χ3n) is 7.43.